The summed E-state index contributed by atoms with van der Waals surface area (Å²) in [6, 6.07) is 0. The molecule has 158 valence electrons. The largest absolute Gasteiger partial charge is 0.444 e. The number of carbonyl (C=O) groups excluding carboxylic acids is 1. The zero-order chi connectivity index (χ0) is 20.6. The molecule has 1 aliphatic heterocycles. The molecule has 9 nitrogen and oxygen atoms in total. The maximum Gasteiger partial charge on any atom is 0.407 e. The minimum absolute atomic E-state index is 0.412. The van der Waals surface area contributed by atoms with Crippen molar-refractivity contribution in [2.45, 2.75) is 46.6 Å². The molecule has 0 bridgehead atoms. The summed E-state index contributed by atoms with van der Waals surface area (Å²) in [5.74, 6) is 1.79. The number of ether oxygens (including phenoxy) is 1. The van der Waals surface area contributed by atoms with Crippen LogP contribution in [0.15, 0.2) is 4.99 Å². The van der Waals surface area contributed by atoms with Gasteiger partial charge in [-0.3, -0.25) is 4.99 Å². The van der Waals surface area contributed by atoms with Gasteiger partial charge >= 0.3 is 6.09 Å². The van der Waals surface area contributed by atoms with Crippen molar-refractivity contribution >= 4 is 28.7 Å². The number of amides is 1. The average molecular weight is 412 g/mol. The van der Waals surface area contributed by atoms with Crippen LogP contribution in [-0.4, -0.2) is 77.7 Å². The van der Waals surface area contributed by atoms with Crippen LogP contribution >= 0.6 is 11.5 Å². The SMILES string of the molecule is CCNC(=NCCNC(=O)OC(C)(C)C)N1CCN(c2nc(CC)ns2)CC1. The Hall–Kier alpha value is -2.10. The van der Waals surface area contributed by atoms with Gasteiger partial charge in [-0.1, -0.05) is 6.92 Å². The monoisotopic (exact) mass is 411 g/mol. The van der Waals surface area contributed by atoms with E-state index in [4.69, 9.17) is 4.74 Å². The highest BCUT2D eigenvalue weighted by atomic mass is 32.1. The molecule has 2 rings (SSSR count). The normalized spacial score (nSPS) is 15.5. The summed E-state index contributed by atoms with van der Waals surface area (Å²) in [5.41, 5.74) is -0.493. The van der Waals surface area contributed by atoms with E-state index in [9.17, 15) is 4.79 Å². The summed E-state index contributed by atoms with van der Waals surface area (Å²) in [5, 5.41) is 7.07. The van der Waals surface area contributed by atoms with Gasteiger partial charge < -0.3 is 25.2 Å². The first kappa shape index (κ1) is 22.2. The molecule has 0 unspecified atom stereocenters. The fourth-order valence-electron chi connectivity index (χ4n) is 2.69. The molecule has 10 heteroatoms. The molecule has 0 aliphatic carbocycles. The number of hydrogen-bond donors (Lipinski definition) is 2. The lowest BCUT2D eigenvalue weighted by molar-refractivity contribution is 0.0529. The van der Waals surface area contributed by atoms with Crippen molar-refractivity contribution in [3.63, 3.8) is 0 Å². The van der Waals surface area contributed by atoms with Crippen LogP contribution in [0.4, 0.5) is 9.93 Å². The minimum Gasteiger partial charge on any atom is -0.444 e. The van der Waals surface area contributed by atoms with E-state index >= 15 is 0 Å². The van der Waals surface area contributed by atoms with E-state index in [-0.39, 0.29) is 0 Å². The van der Waals surface area contributed by atoms with Gasteiger partial charge in [0, 0.05) is 57.2 Å². The zero-order valence-corrected chi connectivity index (χ0v) is 18.4. The number of anilines is 1. The molecule has 1 fully saturated rings. The van der Waals surface area contributed by atoms with E-state index in [1.807, 2.05) is 20.8 Å². The predicted octanol–water partition coefficient (Wildman–Crippen LogP) is 1.71. The molecule has 0 saturated carbocycles. The molecule has 2 heterocycles. The van der Waals surface area contributed by atoms with Crippen LogP contribution in [0.2, 0.25) is 0 Å². The lowest BCUT2D eigenvalue weighted by atomic mass is 10.2. The van der Waals surface area contributed by atoms with Gasteiger partial charge in [0.2, 0.25) is 5.13 Å². The topological polar surface area (TPSA) is 95.0 Å². The van der Waals surface area contributed by atoms with Crippen molar-refractivity contribution in [3.8, 4) is 0 Å². The molecule has 1 aromatic rings. The first-order chi connectivity index (χ1) is 13.3. The lowest BCUT2D eigenvalue weighted by Gasteiger charge is -2.36. The molecular weight excluding hydrogens is 378 g/mol. The quantitative estimate of drug-likeness (QED) is 0.418. The summed E-state index contributed by atoms with van der Waals surface area (Å²) in [6.45, 7) is 14.9. The second-order valence-electron chi connectivity index (χ2n) is 7.49. The van der Waals surface area contributed by atoms with E-state index in [0.717, 1.165) is 56.1 Å². The van der Waals surface area contributed by atoms with Gasteiger partial charge in [0.1, 0.15) is 11.4 Å². The van der Waals surface area contributed by atoms with Gasteiger partial charge in [0.05, 0.1) is 6.54 Å². The number of nitrogens with zero attached hydrogens (tertiary/aromatic N) is 5. The number of alkyl carbamates (subject to hydrolysis) is 1. The second-order valence-corrected chi connectivity index (χ2v) is 8.22. The first-order valence-corrected chi connectivity index (χ1v) is 10.7. The van der Waals surface area contributed by atoms with Crippen LogP contribution in [0.1, 0.15) is 40.4 Å². The fourth-order valence-corrected chi connectivity index (χ4v) is 3.49. The van der Waals surface area contributed by atoms with E-state index in [0.29, 0.717) is 13.1 Å². The smallest absolute Gasteiger partial charge is 0.407 e. The van der Waals surface area contributed by atoms with Crippen LogP contribution in [0.25, 0.3) is 0 Å². The van der Waals surface area contributed by atoms with E-state index in [1.54, 1.807) is 0 Å². The highest BCUT2D eigenvalue weighted by molar-refractivity contribution is 7.09. The van der Waals surface area contributed by atoms with Crippen molar-refractivity contribution in [1.29, 1.82) is 0 Å². The van der Waals surface area contributed by atoms with Gasteiger partial charge in [0.25, 0.3) is 0 Å². The van der Waals surface area contributed by atoms with E-state index < -0.39 is 11.7 Å². The molecule has 1 amide bonds. The highest BCUT2D eigenvalue weighted by Crippen LogP contribution is 2.19. The Morgan fingerprint density at radius 1 is 1.21 bits per heavy atom. The number of aromatic nitrogens is 2. The van der Waals surface area contributed by atoms with Crippen LogP contribution in [-0.2, 0) is 11.2 Å². The number of carbonyl (C=O) groups is 1. The maximum atomic E-state index is 11.7. The Bertz CT molecular complexity index is 649. The molecule has 28 heavy (non-hydrogen) atoms. The Kier molecular flexibility index (Phi) is 8.28. The molecule has 0 spiro atoms. The number of nitrogens with one attached hydrogen (secondary N) is 2. The molecular formula is C18H33N7O2S. The number of rotatable bonds is 6. The second kappa shape index (κ2) is 10.4. The van der Waals surface area contributed by atoms with Crippen molar-refractivity contribution in [2.24, 2.45) is 4.99 Å². The number of aryl methyl sites for hydroxylation is 1. The molecule has 0 atom stereocenters. The van der Waals surface area contributed by atoms with E-state index in [1.165, 1.54) is 11.5 Å². The first-order valence-electron chi connectivity index (χ1n) is 9.90. The van der Waals surface area contributed by atoms with Gasteiger partial charge in [-0.2, -0.15) is 4.37 Å². The standard InChI is InChI=1S/C18H33N7O2S/c1-6-14-22-16(28-23-14)25-12-10-24(11-13-25)15(19-7-2)20-8-9-21-17(26)27-18(3,4)5/h6-13H2,1-5H3,(H,19,20)(H,21,26). The molecule has 2 N–H and O–H groups in total. The summed E-state index contributed by atoms with van der Waals surface area (Å²) in [6.07, 6.45) is 0.454. The molecule has 1 saturated heterocycles. The minimum atomic E-state index is -0.493. The van der Waals surface area contributed by atoms with Crippen molar-refractivity contribution in [3.05, 3.63) is 5.82 Å². The van der Waals surface area contributed by atoms with Crippen molar-refractivity contribution in [1.82, 2.24) is 24.9 Å². The third-order valence-electron chi connectivity index (χ3n) is 4.00. The number of hydrogen-bond acceptors (Lipinski definition) is 7. The fraction of sp³-hybridized carbons (Fsp3) is 0.778. The van der Waals surface area contributed by atoms with Crippen LogP contribution < -0.4 is 15.5 Å². The number of aliphatic imine (C=N–C) groups is 1. The van der Waals surface area contributed by atoms with Gasteiger partial charge in [-0.05, 0) is 27.7 Å². The predicted molar refractivity (Wildman–Crippen MR) is 113 cm³/mol. The molecule has 0 aromatic carbocycles. The van der Waals surface area contributed by atoms with Crippen molar-refractivity contribution < 1.29 is 9.53 Å². The maximum absolute atomic E-state index is 11.7. The Morgan fingerprint density at radius 2 is 1.93 bits per heavy atom. The lowest BCUT2D eigenvalue weighted by Crippen LogP contribution is -2.52. The summed E-state index contributed by atoms with van der Waals surface area (Å²) >= 11 is 1.47. The Labute approximate surface area is 171 Å². The number of piperazine rings is 1. The van der Waals surface area contributed by atoms with Gasteiger partial charge in [-0.25, -0.2) is 9.78 Å². The van der Waals surface area contributed by atoms with Crippen LogP contribution in [0.3, 0.4) is 0 Å². The third kappa shape index (κ3) is 7.14. The van der Waals surface area contributed by atoms with Gasteiger partial charge in [0.15, 0.2) is 5.96 Å². The summed E-state index contributed by atoms with van der Waals surface area (Å²) in [4.78, 5) is 25.4. The summed E-state index contributed by atoms with van der Waals surface area (Å²) in [7, 11) is 0. The highest BCUT2D eigenvalue weighted by Gasteiger charge is 2.22. The molecule has 0 radical (unpaired) electrons. The number of guanidine groups is 1. The average Bonchev–Trinajstić information content (AvgIpc) is 3.12. The summed E-state index contributed by atoms with van der Waals surface area (Å²) < 4.78 is 9.61. The van der Waals surface area contributed by atoms with Crippen LogP contribution in [0, 0.1) is 0 Å². The van der Waals surface area contributed by atoms with Gasteiger partial charge in [-0.15, -0.1) is 0 Å². The Morgan fingerprint density at radius 3 is 2.50 bits per heavy atom. The van der Waals surface area contributed by atoms with Crippen LogP contribution in [0.5, 0.6) is 0 Å². The van der Waals surface area contributed by atoms with Crippen molar-refractivity contribution in [2.75, 3.05) is 50.7 Å². The Balaban J connectivity index is 1.81. The third-order valence-corrected chi connectivity index (χ3v) is 4.81. The molecule has 1 aromatic heterocycles. The molecule has 1 aliphatic rings. The zero-order valence-electron chi connectivity index (χ0n) is 17.6. The van der Waals surface area contributed by atoms with E-state index in [2.05, 4.69) is 48.6 Å².